The number of hydrogen-bond donors (Lipinski definition) is 0. The number of nitro benzene ring substituents is 1. The van der Waals surface area contributed by atoms with Gasteiger partial charge in [0, 0.05) is 49.1 Å². The van der Waals surface area contributed by atoms with E-state index in [2.05, 4.69) is 25.7 Å². The number of nitrogens with zero attached hydrogens (tertiary/aromatic N) is 5. The van der Waals surface area contributed by atoms with Crippen molar-refractivity contribution >= 4 is 43.1 Å². The number of sulfonamides is 1. The second-order valence-corrected chi connectivity index (χ2v) is 12.8. The quantitative estimate of drug-likeness (QED) is 0.367. The highest BCUT2D eigenvalue weighted by molar-refractivity contribution is 7.89. The van der Waals surface area contributed by atoms with E-state index in [-0.39, 0.29) is 16.5 Å². The summed E-state index contributed by atoms with van der Waals surface area (Å²) in [6.07, 6.45) is 3.27. The molecule has 9 nitrogen and oxygen atoms in total. The summed E-state index contributed by atoms with van der Waals surface area (Å²) in [5.74, 6) is 2.61. The highest BCUT2D eigenvalue weighted by Gasteiger charge is 2.32. The van der Waals surface area contributed by atoms with Gasteiger partial charge in [-0.15, -0.1) is 11.3 Å². The van der Waals surface area contributed by atoms with Gasteiger partial charge in [-0.2, -0.15) is 4.31 Å². The number of fused-ring (bicyclic) bond motifs is 3. The highest BCUT2D eigenvalue weighted by atomic mass is 32.2. The third kappa shape index (κ3) is 4.41. The number of thiophene rings is 1. The SMILES string of the molecule is CC(C)c1nc(N2CCN(S(=O)(=O)c3ccc([N+](=O)[O-])cc3)CC2)c2c3c(sc2n1)C[C@@H](C)CC3. The van der Waals surface area contributed by atoms with E-state index in [0.717, 1.165) is 41.1 Å². The Hall–Kier alpha value is -2.63. The average molecular weight is 516 g/mol. The second-order valence-electron chi connectivity index (χ2n) is 9.73. The second kappa shape index (κ2) is 9.11. The van der Waals surface area contributed by atoms with Crippen molar-refractivity contribution < 1.29 is 13.3 Å². The maximum Gasteiger partial charge on any atom is 0.269 e. The number of benzene rings is 1. The van der Waals surface area contributed by atoms with Crippen LogP contribution >= 0.6 is 11.3 Å². The number of rotatable bonds is 5. The molecule has 0 amide bonds. The Morgan fingerprint density at radius 2 is 1.80 bits per heavy atom. The van der Waals surface area contributed by atoms with Gasteiger partial charge in [0.05, 0.1) is 15.2 Å². The van der Waals surface area contributed by atoms with E-state index in [0.29, 0.717) is 32.1 Å². The van der Waals surface area contributed by atoms with Gasteiger partial charge in [0.2, 0.25) is 10.0 Å². The van der Waals surface area contributed by atoms with E-state index in [9.17, 15) is 18.5 Å². The normalized spacial score (nSPS) is 19.3. The summed E-state index contributed by atoms with van der Waals surface area (Å²) in [6, 6.07) is 5.08. The van der Waals surface area contributed by atoms with E-state index in [4.69, 9.17) is 9.97 Å². The summed E-state index contributed by atoms with van der Waals surface area (Å²) < 4.78 is 27.8. The van der Waals surface area contributed by atoms with Crippen molar-refractivity contribution in [2.24, 2.45) is 5.92 Å². The zero-order valence-corrected chi connectivity index (χ0v) is 21.7. The zero-order valence-electron chi connectivity index (χ0n) is 20.1. The third-order valence-electron chi connectivity index (χ3n) is 6.89. The van der Waals surface area contributed by atoms with E-state index >= 15 is 0 Å². The molecule has 3 heterocycles. The Labute approximate surface area is 209 Å². The zero-order chi connectivity index (χ0) is 24.9. The van der Waals surface area contributed by atoms with Crippen LogP contribution in [0.4, 0.5) is 11.5 Å². The average Bonchev–Trinajstić information content (AvgIpc) is 3.21. The molecule has 0 spiro atoms. The van der Waals surface area contributed by atoms with Gasteiger partial charge in [-0.25, -0.2) is 18.4 Å². The van der Waals surface area contributed by atoms with Crippen molar-refractivity contribution in [3.05, 3.63) is 50.6 Å². The van der Waals surface area contributed by atoms with Gasteiger partial charge in [0.1, 0.15) is 16.5 Å². The van der Waals surface area contributed by atoms with Crippen LogP contribution in [0.5, 0.6) is 0 Å². The minimum Gasteiger partial charge on any atom is -0.353 e. The number of hydrogen-bond acceptors (Lipinski definition) is 8. The van der Waals surface area contributed by atoms with Gasteiger partial charge in [-0.3, -0.25) is 10.1 Å². The van der Waals surface area contributed by atoms with Gasteiger partial charge in [-0.05, 0) is 42.9 Å². The molecule has 1 saturated heterocycles. The van der Waals surface area contributed by atoms with Crippen LogP contribution in [0.3, 0.4) is 0 Å². The standard InChI is InChI=1S/C24H29N5O4S2/c1-15(2)22-25-23(21-19-9-4-16(3)14-20(19)34-24(21)26-22)27-10-12-28(13-11-27)35(32,33)18-7-5-17(6-8-18)29(30)31/h5-8,15-16H,4,9-14H2,1-3H3/t16-/m0/s1. The molecule has 0 unspecified atom stereocenters. The lowest BCUT2D eigenvalue weighted by atomic mass is 9.89. The van der Waals surface area contributed by atoms with E-state index in [1.54, 1.807) is 11.3 Å². The smallest absolute Gasteiger partial charge is 0.269 e. The largest absolute Gasteiger partial charge is 0.353 e. The Morgan fingerprint density at radius 3 is 2.43 bits per heavy atom. The monoisotopic (exact) mass is 515 g/mol. The third-order valence-corrected chi connectivity index (χ3v) is 9.95. The lowest BCUT2D eigenvalue weighted by Crippen LogP contribution is -2.49. The molecule has 0 bridgehead atoms. The van der Waals surface area contributed by atoms with Crippen molar-refractivity contribution in [2.45, 2.75) is 50.8 Å². The molecule has 5 rings (SSSR count). The number of piperazine rings is 1. The van der Waals surface area contributed by atoms with Crippen molar-refractivity contribution in [3.8, 4) is 0 Å². The van der Waals surface area contributed by atoms with Crippen LogP contribution in [0.25, 0.3) is 10.2 Å². The topological polar surface area (TPSA) is 110 Å². The summed E-state index contributed by atoms with van der Waals surface area (Å²) in [4.78, 5) is 25.0. The molecule has 1 aromatic carbocycles. The molecule has 1 atom stereocenters. The van der Waals surface area contributed by atoms with Gasteiger partial charge in [-0.1, -0.05) is 20.8 Å². The van der Waals surface area contributed by atoms with Crippen molar-refractivity contribution in [3.63, 3.8) is 0 Å². The summed E-state index contributed by atoms with van der Waals surface area (Å²) in [7, 11) is -3.73. The van der Waals surface area contributed by atoms with Crippen LogP contribution in [-0.4, -0.2) is 53.8 Å². The van der Waals surface area contributed by atoms with Crippen LogP contribution < -0.4 is 4.90 Å². The molecule has 35 heavy (non-hydrogen) atoms. The summed E-state index contributed by atoms with van der Waals surface area (Å²) >= 11 is 1.79. The predicted octanol–water partition coefficient (Wildman–Crippen LogP) is 4.36. The number of aromatic nitrogens is 2. The molecule has 3 aromatic rings. The Kier molecular flexibility index (Phi) is 6.27. The molecule has 0 saturated carbocycles. The van der Waals surface area contributed by atoms with Crippen LogP contribution in [0.2, 0.25) is 0 Å². The van der Waals surface area contributed by atoms with Crippen molar-refractivity contribution in [1.29, 1.82) is 0 Å². The molecule has 1 aliphatic carbocycles. The summed E-state index contributed by atoms with van der Waals surface area (Å²) in [5.41, 5.74) is 1.24. The van der Waals surface area contributed by atoms with Gasteiger partial charge < -0.3 is 4.90 Å². The van der Waals surface area contributed by atoms with E-state index < -0.39 is 14.9 Å². The molecular formula is C24H29N5O4S2. The molecule has 2 aromatic heterocycles. The molecule has 186 valence electrons. The van der Waals surface area contributed by atoms with Crippen LogP contribution in [-0.2, 0) is 22.9 Å². The van der Waals surface area contributed by atoms with Gasteiger partial charge in [0.15, 0.2) is 0 Å². The highest BCUT2D eigenvalue weighted by Crippen LogP contribution is 2.41. The van der Waals surface area contributed by atoms with Crippen LogP contribution in [0.15, 0.2) is 29.2 Å². The van der Waals surface area contributed by atoms with E-state index in [1.165, 1.54) is 39.0 Å². The van der Waals surface area contributed by atoms with Crippen LogP contribution in [0.1, 0.15) is 49.4 Å². The molecule has 11 heteroatoms. The van der Waals surface area contributed by atoms with E-state index in [1.807, 2.05) is 0 Å². The first-order valence-electron chi connectivity index (χ1n) is 12.0. The first-order chi connectivity index (χ1) is 16.6. The molecule has 1 aliphatic heterocycles. The molecule has 0 radical (unpaired) electrons. The summed E-state index contributed by atoms with van der Waals surface area (Å²) in [5, 5.41) is 12.1. The maximum atomic E-state index is 13.2. The van der Waals surface area contributed by atoms with Gasteiger partial charge in [0.25, 0.3) is 5.69 Å². The molecule has 1 fully saturated rings. The lowest BCUT2D eigenvalue weighted by molar-refractivity contribution is -0.384. The Bertz CT molecular complexity index is 1380. The number of anilines is 1. The molecular weight excluding hydrogens is 486 g/mol. The maximum absolute atomic E-state index is 13.2. The van der Waals surface area contributed by atoms with Crippen molar-refractivity contribution in [1.82, 2.24) is 14.3 Å². The minimum absolute atomic E-state index is 0.0732. The fraction of sp³-hybridized carbons (Fsp3) is 0.500. The van der Waals surface area contributed by atoms with Gasteiger partial charge >= 0.3 is 0 Å². The van der Waals surface area contributed by atoms with Crippen LogP contribution in [0, 0.1) is 16.0 Å². The summed E-state index contributed by atoms with van der Waals surface area (Å²) in [6.45, 7) is 8.18. The first kappa shape index (κ1) is 24.1. The Balaban J connectivity index is 1.43. The predicted molar refractivity (Wildman–Crippen MR) is 137 cm³/mol. The Morgan fingerprint density at radius 1 is 1.11 bits per heavy atom. The first-order valence-corrected chi connectivity index (χ1v) is 14.2. The number of nitro groups is 1. The number of aryl methyl sites for hydroxylation is 1. The fourth-order valence-electron chi connectivity index (χ4n) is 4.86. The molecule has 2 aliphatic rings. The molecule has 0 N–H and O–H groups in total. The van der Waals surface area contributed by atoms with Crippen molar-refractivity contribution in [2.75, 3.05) is 31.1 Å². The fourth-order valence-corrected chi connectivity index (χ4v) is 7.66. The lowest BCUT2D eigenvalue weighted by Gasteiger charge is -2.35. The number of non-ortho nitro benzene ring substituents is 1. The minimum atomic E-state index is -3.73.